The summed E-state index contributed by atoms with van der Waals surface area (Å²) in [5.74, 6) is -1.17. The first kappa shape index (κ1) is 26.0. The third-order valence-electron chi connectivity index (χ3n) is 7.14. The Hall–Kier alpha value is -2.65. The van der Waals surface area contributed by atoms with Crippen LogP contribution < -0.4 is 5.32 Å². The predicted molar refractivity (Wildman–Crippen MR) is 134 cm³/mol. The van der Waals surface area contributed by atoms with E-state index in [4.69, 9.17) is 10.8 Å². The number of carbonyl (C=O) groups is 1. The zero-order valence-corrected chi connectivity index (χ0v) is 20.9. The summed E-state index contributed by atoms with van der Waals surface area (Å²) in [4.78, 5) is 19.0. The monoisotopic (exact) mass is 472 g/mol. The number of phenolic OH excluding ortho intramolecular Hbond substituents is 2. The van der Waals surface area contributed by atoms with Crippen molar-refractivity contribution >= 4 is 17.6 Å². The summed E-state index contributed by atoms with van der Waals surface area (Å²) in [7, 11) is 2.15. The van der Waals surface area contributed by atoms with E-state index in [0.29, 0.717) is 18.2 Å². The number of hydrogen-bond donors (Lipinski definition) is 5. The van der Waals surface area contributed by atoms with Gasteiger partial charge in [-0.15, -0.1) is 0 Å². The number of nitrogens with one attached hydrogen (secondary N) is 3. The molecule has 0 unspecified atom stereocenters. The Bertz CT molecular complexity index is 902. The molecule has 1 saturated heterocycles. The molecule has 0 aromatic heterocycles. The molecule has 1 amide bonds. The molecule has 0 spiro atoms. The number of amidine groups is 2. The zero-order chi connectivity index (χ0) is 25.0. The van der Waals surface area contributed by atoms with E-state index in [0.717, 1.165) is 51.9 Å². The van der Waals surface area contributed by atoms with E-state index in [9.17, 15) is 15.0 Å². The van der Waals surface area contributed by atoms with Gasteiger partial charge >= 0.3 is 0 Å². The fourth-order valence-electron chi connectivity index (χ4n) is 5.08. The summed E-state index contributed by atoms with van der Waals surface area (Å²) in [5, 5.41) is 41.0. The quantitative estimate of drug-likeness (QED) is 0.331. The van der Waals surface area contributed by atoms with Crippen LogP contribution in [0, 0.1) is 10.8 Å². The fourth-order valence-corrected chi connectivity index (χ4v) is 5.08. The number of likely N-dealkylation sites (N-methyl/N-ethyl adjacent to an activating group) is 2. The van der Waals surface area contributed by atoms with Gasteiger partial charge in [-0.1, -0.05) is 13.8 Å². The van der Waals surface area contributed by atoms with E-state index in [-0.39, 0.29) is 40.7 Å². The molecule has 2 fully saturated rings. The van der Waals surface area contributed by atoms with Crippen LogP contribution in [0.3, 0.4) is 0 Å². The van der Waals surface area contributed by atoms with Crippen LogP contribution in [0.25, 0.3) is 0 Å². The van der Waals surface area contributed by atoms with Crippen LogP contribution in [0.5, 0.6) is 11.5 Å². The molecular weight excluding hydrogens is 432 g/mol. The second-order valence-electron chi connectivity index (χ2n) is 9.81. The highest BCUT2D eigenvalue weighted by molar-refractivity contribution is 6.40. The van der Waals surface area contributed by atoms with Gasteiger partial charge in [0, 0.05) is 50.9 Å². The van der Waals surface area contributed by atoms with Crippen LogP contribution in [-0.4, -0.2) is 94.3 Å². The van der Waals surface area contributed by atoms with Crippen LogP contribution in [-0.2, 0) is 4.79 Å². The number of phenols is 2. The van der Waals surface area contributed by atoms with E-state index < -0.39 is 5.91 Å². The minimum atomic E-state index is -0.532. The number of piperazine rings is 1. The predicted octanol–water partition coefficient (Wildman–Crippen LogP) is 2.52. The van der Waals surface area contributed by atoms with Crippen molar-refractivity contribution in [3.05, 3.63) is 23.3 Å². The largest absolute Gasteiger partial charge is 0.508 e. The van der Waals surface area contributed by atoms with Gasteiger partial charge in [0.05, 0.1) is 5.56 Å². The van der Waals surface area contributed by atoms with Gasteiger partial charge in [0.1, 0.15) is 17.3 Å². The average molecular weight is 473 g/mol. The molecule has 2 aliphatic rings. The topological polar surface area (TPSA) is 127 Å². The van der Waals surface area contributed by atoms with Crippen molar-refractivity contribution in [2.45, 2.75) is 64.5 Å². The molecule has 1 aromatic rings. The Labute approximate surface area is 202 Å². The molecule has 1 aromatic carbocycles. The van der Waals surface area contributed by atoms with Gasteiger partial charge in [0.15, 0.2) is 5.84 Å². The molecule has 0 atom stereocenters. The van der Waals surface area contributed by atoms with Crippen molar-refractivity contribution in [2.75, 3.05) is 39.8 Å². The highest BCUT2D eigenvalue weighted by atomic mass is 16.3. The molecule has 1 aliphatic heterocycles. The van der Waals surface area contributed by atoms with Crippen molar-refractivity contribution in [1.82, 2.24) is 20.0 Å². The molecule has 5 N–H and O–H groups in total. The lowest BCUT2D eigenvalue weighted by Gasteiger charge is -2.43. The minimum Gasteiger partial charge on any atom is -0.508 e. The Morgan fingerprint density at radius 3 is 2.26 bits per heavy atom. The van der Waals surface area contributed by atoms with Gasteiger partial charge in [0.25, 0.3) is 5.91 Å². The molecule has 9 heteroatoms. The summed E-state index contributed by atoms with van der Waals surface area (Å²) in [6, 6.07) is 3.15. The summed E-state index contributed by atoms with van der Waals surface area (Å²) in [6.45, 7) is 10.3. The minimum absolute atomic E-state index is 0.0116. The average Bonchev–Trinajstić information content (AvgIpc) is 2.80. The van der Waals surface area contributed by atoms with Crippen molar-refractivity contribution in [2.24, 2.45) is 0 Å². The highest BCUT2D eigenvalue weighted by Gasteiger charge is 2.35. The van der Waals surface area contributed by atoms with Crippen molar-refractivity contribution in [3.63, 3.8) is 0 Å². The molecule has 1 saturated carbocycles. The first-order chi connectivity index (χ1) is 16.1. The third-order valence-corrected chi connectivity index (χ3v) is 7.14. The molecule has 34 heavy (non-hydrogen) atoms. The SMILES string of the molecule is CCNC(=O)C(=N)N(C(=N)c1cc(C(C)C)c(O)cc1O)C1CCC(N2CCN(C)CC2)CC1. The first-order valence-corrected chi connectivity index (χ1v) is 12.4. The van der Waals surface area contributed by atoms with Gasteiger partial charge in [-0.2, -0.15) is 0 Å². The summed E-state index contributed by atoms with van der Waals surface area (Å²) < 4.78 is 0. The Morgan fingerprint density at radius 2 is 1.71 bits per heavy atom. The smallest absolute Gasteiger partial charge is 0.286 e. The number of aromatic hydroxyl groups is 2. The molecule has 1 aliphatic carbocycles. The standard InChI is InChI=1S/C25H40N6O3/c1-5-28-25(34)24(27)31(23(26)20-14-19(16(2)3)21(32)15-22(20)33)18-8-6-17(7-9-18)30-12-10-29(4)11-13-30/h14-18,26-27,32-33H,5-13H2,1-4H3,(H,28,34). The number of nitrogens with zero attached hydrogens (tertiary/aromatic N) is 3. The number of carbonyl (C=O) groups excluding carboxylic acids is 1. The van der Waals surface area contributed by atoms with Crippen LogP contribution >= 0.6 is 0 Å². The van der Waals surface area contributed by atoms with Crippen molar-refractivity contribution in [1.29, 1.82) is 10.8 Å². The van der Waals surface area contributed by atoms with Crippen LogP contribution in [0.4, 0.5) is 0 Å². The maximum Gasteiger partial charge on any atom is 0.286 e. The van der Waals surface area contributed by atoms with Gasteiger partial charge in [0.2, 0.25) is 0 Å². The number of rotatable bonds is 5. The van der Waals surface area contributed by atoms with Crippen molar-refractivity contribution in [3.8, 4) is 11.5 Å². The molecular formula is C25H40N6O3. The molecule has 3 rings (SSSR count). The first-order valence-electron chi connectivity index (χ1n) is 12.4. The highest BCUT2D eigenvalue weighted by Crippen LogP contribution is 2.34. The third kappa shape index (κ3) is 5.70. The van der Waals surface area contributed by atoms with E-state index in [1.807, 2.05) is 13.8 Å². The van der Waals surface area contributed by atoms with Gasteiger partial charge in [-0.05, 0) is 57.2 Å². The van der Waals surface area contributed by atoms with Crippen LogP contribution in [0.15, 0.2) is 12.1 Å². The Kier molecular flexibility index (Phi) is 8.54. The van der Waals surface area contributed by atoms with E-state index in [1.165, 1.54) is 11.0 Å². The van der Waals surface area contributed by atoms with Gasteiger partial charge in [-0.25, -0.2) is 0 Å². The summed E-state index contributed by atoms with van der Waals surface area (Å²) in [5.41, 5.74) is 0.831. The lowest BCUT2D eigenvalue weighted by atomic mass is 9.88. The van der Waals surface area contributed by atoms with Crippen LogP contribution in [0.1, 0.15) is 63.5 Å². The molecule has 188 valence electrons. The van der Waals surface area contributed by atoms with Crippen LogP contribution in [0.2, 0.25) is 0 Å². The van der Waals surface area contributed by atoms with E-state index in [1.54, 1.807) is 13.0 Å². The van der Waals surface area contributed by atoms with Gasteiger partial charge < -0.3 is 25.3 Å². The maximum absolute atomic E-state index is 12.6. The molecule has 1 heterocycles. The number of amides is 1. The number of benzene rings is 1. The maximum atomic E-state index is 12.6. The summed E-state index contributed by atoms with van der Waals surface area (Å²) >= 11 is 0. The summed E-state index contributed by atoms with van der Waals surface area (Å²) in [6.07, 6.45) is 3.41. The Balaban J connectivity index is 1.84. The van der Waals surface area contributed by atoms with Crippen molar-refractivity contribution < 1.29 is 15.0 Å². The second kappa shape index (κ2) is 11.2. The lowest BCUT2D eigenvalue weighted by molar-refractivity contribution is -0.115. The molecule has 0 radical (unpaired) electrons. The van der Waals surface area contributed by atoms with E-state index in [2.05, 4.69) is 22.2 Å². The normalized spacial score (nSPS) is 21.9. The molecule has 0 bridgehead atoms. The van der Waals surface area contributed by atoms with Gasteiger partial charge in [-0.3, -0.25) is 20.5 Å². The zero-order valence-electron chi connectivity index (χ0n) is 20.9. The molecule has 9 nitrogen and oxygen atoms in total. The number of hydrogen-bond acceptors (Lipinski definition) is 7. The fraction of sp³-hybridized carbons (Fsp3) is 0.640. The Morgan fingerprint density at radius 1 is 1.09 bits per heavy atom. The lowest BCUT2D eigenvalue weighted by Crippen LogP contribution is -2.54. The van der Waals surface area contributed by atoms with E-state index >= 15 is 0 Å². The second-order valence-corrected chi connectivity index (χ2v) is 9.81.